The molecular weight excluding hydrogens is 450 g/mol. The van der Waals surface area contributed by atoms with Gasteiger partial charge in [0.2, 0.25) is 5.91 Å². The Morgan fingerprint density at radius 1 is 1.12 bits per heavy atom. The summed E-state index contributed by atoms with van der Waals surface area (Å²) >= 11 is 0. The number of phenols is 1. The van der Waals surface area contributed by atoms with Crippen LogP contribution in [0.5, 0.6) is 5.75 Å². The van der Waals surface area contributed by atoms with Gasteiger partial charge in [-0.15, -0.1) is 12.4 Å². The molecule has 7 heteroatoms. The minimum atomic E-state index is -0.759. The van der Waals surface area contributed by atoms with Crippen LogP contribution in [0.25, 0.3) is 0 Å². The number of halogens is 1. The highest BCUT2D eigenvalue weighted by molar-refractivity contribution is 6.01. The zero-order chi connectivity index (χ0) is 24.3. The van der Waals surface area contributed by atoms with E-state index < -0.39 is 6.04 Å². The van der Waals surface area contributed by atoms with Crippen LogP contribution in [-0.4, -0.2) is 42.5 Å². The predicted octanol–water partition coefficient (Wildman–Crippen LogP) is 5.00. The number of nitrogens with one attached hydrogen (secondary N) is 1. The van der Waals surface area contributed by atoms with Crippen LogP contribution in [0, 0.1) is 20.8 Å². The van der Waals surface area contributed by atoms with Crippen molar-refractivity contribution < 1.29 is 14.7 Å². The Kier molecular flexibility index (Phi) is 8.93. The van der Waals surface area contributed by atoms with E-state index in [4.69, 9.17) is 0 Å². The lowest BCUT2D eigenvalue weighted by Crippen LogP contribution is -2.45. The molecule has 0 aromatic heterocycles. The van der Waals surface area contributed by atoms with Crippen LogP contribution in [-0.2, 0) is 16.0 Å². The van der Waals surface area contributed by atoms with Gasteiger partial charge in [-0.3, -0.25) is 9.59 Å². The lowest BCUT2D eigenvalue weighted by atomic mass is 9.90. The third kappa shape index (κ3) is 5.45. The van der Waals surface area contributed by atoms with E-state index in [1.54, 1.807) is 30.0 Å². The third-order valence-corrected chi connectivity index (χ3v) is 6.26. The highest BCUT2D eigenvalue weighted by Crippen LogP contribution is 2.35. The number of carbonyl (C=O) groups is 2. The van der Waals surface area contributed by atoms with Gasteiger partial charge in [0.05, 0.1) is 0 Å². The highest BCUT2D eigenvalue weighted by Gasteiger charge is 2.36. The summed E-state index contributed by atoms with van der Waals surface area (Å²) in [4.78, 5) is 30.4. The van der Waals surface area contributed by atoms with Gasteiger partial charge < -0.3 is 20.2 Å². The van der Waals surface area contributed by atoms with Gasteiger partial charge in [0.1, 0.15) is 11.8 Å². The molecule has 182 valence electrons. The zero-order valence-electron chi connectivity index (χ0n) is 20.7. The summed E-state index contributed by atoms with van der Waals surface area (Å²) < 4.78 is 0. The maximum Gasteiger partial charge on any atom is 0.251 e. The maximum atomic E-state index is 13.7. The Balaban J connectivity index is 0.00000408. The Bertz CT molecular complexity index is 1140. The van der Waals surface area contributed by atoms with Crippen molar-refractivity contribution in [1.82, 2.24) is 4.90 Å². The van der Waals surface area contributed by atoms with Crippen LogP contribution in [0.3, 0.4) is 0 Å². The number of amides is 2. The van der Waals surface area contributed by atoms with Crippen LogP contribution < -0.4 is 10.2 Å². The Labute approximate surface area is 208 Å². The molecule has 2 N–H and O–H groups in total. The summed E-state index contributed by atoms with van der Waals surface area (Å²) in [7, 11) is 3.90. The first-order chi connectivity index (χ1) is 15.6. The standard InChI is InChI=1S/C27H33N3O3.ClH/c1-7-8-9-10-24(31)30-14-13-20-11-12-21(29(5)6)16-22(20)25(30)27(33)28-23-15-17(2)26(32)19(4)18(23)3;/h7-12,15-16,25,32H,13-14H2,1-6H3,(H,28,33);1H/b8-7+,10-9+;. The van der Waals surface area contributed by atoms with Crippen molar-refractivity contribution in [2.45, 2.75) is 40.2 Å². The lowest BCUT2D eigenvalue weighted by molar-refractivity contribution is -0.135. The molecule has 0 spiro atoms. The molecule has 34 heavy (non-hydrogen) atoms. The summed E-state index contributed by atoms with van der Waals surface area (Å²) in [6.07, 6.45) is 7.52. The molecule has 0 aliphatic carbocycles. The molecule has 6 nitrogen and oxygen atoms in total. The lowest BCUT2D eigenvalue weighted by Gasteiger charge is -2.36. The van der Waals surface area contributed by atoms with Gasteiger partial charge >= 0.3 is 0 Å². The summed E-state index contributed by atoms with van der Waals surface area (Å²) in [5, 5.41) is 13.3. The number of nitrogens with zero attached hydrogens (tertiary/aromatic N) is 2. The van der Waals surface area contributed by atoms with E-state index in [0.717, 1.165) is 27.9 Å². The van der Waals surface area contributed by atoms with Crippen LogP contribution >= 0.6 is 12.4 Å². The van der Waals surface area contributed by atoms with Crippen molar-refractivity contribution >= 4 is 35.6 Å². The molecule has 1 unspecified atom stereocenters. The summed E-state index contributed by atoms with van der Waals surface area (Å²) in [6, 6.07) is 7.09. The number of aromatic hydroxyl groups is 1. The molecular formula is C27H34ClN3O3. The number of aryl methyl sites for hydroxylation is 1. The number of rotatable bonds is 5. The molecule has 0 bridgehead atoms. The van der Waals surface area contributed by atoms with E-state index in [0.29, 0.717) is 24.2 Å². The highest BCUT2D eigenvalue weighted by atomic mass is 35.5. The summed E-state index contributed by atoms with van der Waals surface area (Å²) in [5.74, 6) is -0.244. The molecule has 1 heterocycles. The van der Waals surface area contributed by atoms with E-state index >= 15 is 0 Å². The van der Waals surface area contributed by atoms with E-state index in [2.05, 4.69) is 5.32 Å². The molecule has 3 rings (SSSR count). The second kappa shape index (κ2) is 11.3. The number of benzene rings is 2. The van der Waals surface area contributed by atoms with Gasteiger partial charge in [-0.25, -0.2) is 0 Å². The first kappa shape index (κ1) is 27.0. The topological polar surface area (TPSA) is 72.9 Å². The van der Waals surface area contributed by atoms with E-state index in [9.17, 15) is 14.7 Å². The molecule has 2 aromatic rings. The van der Waals surface area contributed by atoms with Gasteiger partial charge in [-0.2, -0.15) is 0 Å². The third-order valence-electron chi connectivity index (χ3n) is 6.26. The smallest absolute Gasteiger partial charge is 0.251 e. The summed E-state index contributed by atoms with van der Waals surface area (Å²) in [6.45, 7) is 7.84. The normalized spacial score (nSPS) is 15.2. The van der Waals surface area contributed by atoms with Gasteiger partial charge in [0.25, 0.3) is 5.91 Å². The van der Waals surface area contributed by atoms with Crippen molar-refractivity contribution in [2.24, 2.45) is 0 Å². The summed E-state index contributed by atoms with van der Waals surface area (Å²) in [5.41, 5.74) is 5.73. The van der Waals surface area contributed by atoms with Crippen molar-refractivity contribution in [3.05, 3.63) is 76.4 Å². The van der Waals surface area contributed by atoms with Crippen molar-refractivity contribution in [3.63, 3.8) is 0 Å². The van der Waals surface area contributed by atoms with E-state index in [1.165, 1.54) is 6.08 Å². The molecule has 2 amide bonds. The number of anilines is 2. The molecule has 1 aliphatic heterocycles. The molecule has 0 fully saturated rings. The monoisotopic (exact) mass is 483 g/mol. The first-order valence-corrected chi connectivity index (χ1v) is 11.2. The number of fused-ring (bicyclic) bond motifs is 1. The van der Waals surface area contributed by atoms with Crippen LogP contribution in [0.2, 0.25) is 0 Å². The van der Waals surface area contributed by atoms with Crippen molar-refractivity contribution in [1.29, 1.82) is 0 Å². The van der Waals surface area contributed by atoms with Crippen LogP contribution in [0.1, 0.15) is 40.8 Å². The van der Waals surface area contributed by atoms with E-state index in [1.807, 2.05) is 64.0 Å². The largest absolute Gasteiger partial charge is 0.507 e. The van der Waals surface area contributed by atoms with Crippen molar-refractivity contribution in [3.8, 4) is 5.75 Å². The zero-order valence-corrected chi connectivity index (χ0v) is 21.5. The fourth-order valence-corrected chi connectivity index (χ4v) is 4.14. The Morgan fingerprint density at radius 3 is 2.47 bits per heavy atom. The number of hydrogen-bond donors (Lipinski definition) is 2. The predicted molar refractivity (Wildman–Crippen MR) is 141 cm³/mol. The second-order valence-electron chi connectivity index (χ2n) is 8.68. The van der Waals surface area contributed by atoms with Crippen LogP contribution in [0.4, 0.5) is 11.4 Å². The quantitative estimate of drug-likeness (QED) is 0.356. The molecule has 2 aromatic carbocycles. The molecule has 1 atom stereocenters. The number of allylic oxidation sites excluding steroid dienone is 3. The fourth-order valence-electron chi connectivity index (χ4n) is 4.14. The molecule has 0 saturated carbocycles. The maximum absolute atomic E-state index is 13.7. The average Bonchev–Trinajstić information content (AvgIpc) is 2.79. The van der Waals surface area contributed by atoms with Gasteiger partial charge in [0.15, 0.2) is 0 Å². The molecule has 1 aliphatic rings. The second-order valence-corrected chi connectivity index (χ2v) is 8.68. The number of phenolic OH excluding ortho intramolecular Hbond substituents is 1. The Morgan fingerprint density at radius 2 is 1.82 bits per heavy atom. The van der Waals surface area contributed by atoms with Gasteiger partial charge in [0, 0.05) is 38.1 Å². The molecule has 0 saturated heterocycles. The Hall–Kier alpha value is -3.25. The minimum absolute atomic E-state index is 0. The first-order valence-electron chi connectivity index (χ1n) is 11.2. The average molecular weight is 484 g/mol. The SMILES string of the molecule is C/C=C/C=C/C(=O)N1CCc2ccc(N(C)C)cc2C1C(=O)Nc1cc(C)c(O)c(C)c1C.Cl. The van der Waals surface area contributed by atoms with Crippen LogP contribution in [0.15, 0.2) is 48.6 Å². The number of hydrogen-bond acceptors (Lipinski definition) is 4. The minimum Gasteiger partial charge on any atom is -0.507 e. The fraction of sp³-hybridized carbons (Fsp3) is 0.333. The van der Waals surface area contributed by atoms with Gasteiger partial charge in [-0.05, 0) is 80.1 Å². The van der Waals surface area contributed by atoms with Gasteiger partial charge in [-0.1, -0.05) is 24.3 Å². The van der Waals surface area contributed by atoms with E-state index in [-0.39, 0.29) is 30.0 Å². The number of carbonyl (C=O) groups excluding carboxylic acids is 2. The van der Waals surface area contributed by atoms with Crippen molar-refractivity contribution in [2.75, 3.05) is 30.9 Å². The molecule has 0 radical (unpaired) electrons.